The molecule has 35 heavy (non-hydrogen) atoms. The molecule has 180 valence electrons. The van der Waals surface area contributed by atoms with Crippen molar-refractivity contribution in [1.29, 1.82) is 5.26 Å². The van der Waals surface area contributed by atoms with Gasteiger partial charge in [-0.2, -0.15) is 10.5 Å². The molecule has 8 nitrogen and oxygen atoms in total. The largest absolute Gasteiger partial charge is 0.326 e. The second kappa shape index (κ2) is 9.50. The van der Waals surface area contributed by atoms with Crippen LogP contribution in [0.5, 0.6) is 0 Å². The Morgan fingerprint density at radius 3 is 2.77 bits per heavy atom. The first-order valence-corrected chi connectivity index (χ1v) is 11.7. The number of fused-ring (bicyclic) bond motifs is 2. The molecule has 2 aliphatic rings. The van der Waals surface area contributed by atoms with Crippen LogP contribution in [0.2, 0.25) is 0 Å². The molecule has 1 aromatic heterocycles. The summed E-state index contributed by atoms with van der Waals surface area (Å²) in [6.45, 7) is 1.03. The smallest absolute Gasteiger partial charge is 0.237 e. The normalized spacial score (nSPS) is 21.2. The van der Waals surface area contributed by atoms with E-state index in [0.717, 1.165) is 23.1 Å². The van der Waals surface area contributed by atoms with E-state index >= 15 is 0 Å². The van der Waals surface area contributed by atoms with Gasteiger partial charge in [-0.15, -0.1) is 10.2 Å². The number of amides is 1. The van der Waals surface area contributed by atoms with Crippen molar-refractivity contribution in [1.82, 2.24) is 30.8 Å². The van der Waals surface area contributed by atoms with Gasteiger partial charge in [-0.05, 0) is 85.2 Å². The van der Waals surface area contributed by atoms with Crippen LogP contribution in [0.4, 0.5) is 8.78 Å². The summed E-state index contributed by atoms with van der Waals surface area (Å²) in [5.74, 6) is -0.500. The van der Waals surface area contributed by atoms with Crippen molar-refractivity contribution in [3.8, 4) is 6.07 Å². The van der Waals surface area contributed by atoms with Gasteiger partial charge in [0.05, 0.1) is 18.0 Å². The molecule has 1 amide bonds. The molecule has 0 bridgehead atoms. The average Bonchev–Trinajstić information content (AvgIpc) is 3.54. The molecule has 1 fully saturated rings. The van der Waals surface area contributed by atoms with Gasteiger partial charge in [0, 0.05) is 6.54 Å². The van der Waals surface area contributed by atoms with Crippen LogP contribution in [0.3, 0.4) is 0 Å². The number of hydrogen-bond acceptors (Lipinski definition) is 6. The number of benzene rings is 2. The lowest BCUT2D eigenvalue weighted by Gasteiger charge is -2.34. The zero-order valence-corrected chi connectivity index (χ0v) is 19.1. The van der Waals surface area contributed by atoms with Gasteiger partial charge in [-0.3, -0.25) is 4.79 Å². The summed E-state index contributed by atoms with van der Waals surface area (Å²) < 4.78 is 28.8. The van der Waals surface area contributed by atoms with Crippen LogP contribution >= 0.6 is 0 Å². The third-order valence-corrected chi connectivity index (χ3v) is 7.12. The van der Waals surface area contributed by atoms with Crippen molar-refractivity contribution in [3.63, 3.8) is 0 Å². The number of hydrogen-bond donors (Lipinski definition) is 2. The van der Waals surface area contributed by atoms with Crippen molar-refractivity contribution < 1.29 is 13.6 Å². The first-order chi connectivity index (χ1) is 17.0. The van der Waals surface area contributed by atoms with Gasteiger partial charge in [-0.1, -0.05) is 17.3 Å². The number of nitrogens with zero attached hydrogens (tertiary/aromatic N) is 5. The Kier molecular flexibility index (Phi) is 6.26. The van der Waals surface area contributed by atoms with Gasteiger partial charge in [-0.25, -0.2) is 8.78 Å². The van der Waals surface area contributed by atoms with Crippen molar-refractivity contribution in [3.05, 3.63) is 76.1 Å². The molecule has 1 aliphatic carbocycles. The number of nitriles is 1. The summed E-state index contributed by atoms with van der Waals surface area (Å²) in [4.78, 5) is 14.3. The quantitative estimate of drug-likeness (QED) is 0.528. The first kappa shape index (κ1) is 23.1. The number of aromatic amines is 1. The number of likely N-dealkylation sites (tertiary alicyclic amines) is 1. The number of tetrazole rings is 1. The minimum absolute atomic E-state index is 0.0762. The van der Waals surface area contributed by atoms with E-state index in [0.29, 0.717) is 50.2 Å². The lowest BCUT2D eigenvalue weighted by molar-refractivity contribution is -0.130. The maximum atomic E-state index is 14.6. The molecule has 2 heterocycles. The number of rotatable bonds is 6. The molecule has 2 atom stereocenters. The summed E-state index contributed by atoms with van der Waals surface area (Å²) in [6, 6.07) is 11.1. The molecule has 2 aromatic carbocycles. The maximum Gasteiger partial charge on any atom is 0.237 e. The molecule has 3 aromatic rings. The lowest BCUT2D eigenvalue weighted by atomic mass is 9.69. The molecule has 10 heteroatoms. The Morgan fingerprint density at radius 2 is 1.97 bits per heavy atom. The van der Waals surface area contributed by atoms with Crippen LogP contribution in [-0.4, -0.2) is 57.1 Å². The maximum absolute atomic E-state index is 14.6. The standard InChI is InChI=1S/C25H25F2N7O/c26-18-7-8-21-17(12-18)4-3-16-5-6-19(27)13-22(16)25(21,24-30-32-33-31-24)9-10-29-15-23(35)34-11-1-2-20(34)14-28/h5-8,12-13,20,29H,1-4,9-11,15H2,(H,30,31,32,33)/t20-,25?/m0/s1. The lowest BCUT2D eigenvalue weighted by Crippen LogP contribution is -2.42. The zero-order valence-electron chi connectivity index (χ0n) is 19.1. The van der Waals surface area contributed by atoms with Crippen molar-refractivity contribution >= 4 is 5.91 Å². The van der Waals surface area contributed by atoms with Crippen molar-refractivity contribution in [2.75, 3.05) is 19.6 Å². The van der Waals surface area contributed by atoms with Crippen LogP contribution in [0.25, 0.3) is 0 Å². The number of aromatic nitrogens is 4. The highest BCUT2D eigenvalue weighted by atomic mass is 19.1. The topological polar surface area (TPSA) is 111 Å². The van der Waals surface area contributed by atoms with Crippen LogP contribution in [0.15, 0.2) is 36.4 Å². The zero-order chi connectivity index (χ0) is 24.4. The predicted octanol–water partition coefficient (Wildman–Crippen LogP) is 2.41. The molecule has 2 N–H and O–H groups in total. The number of nitrogens with one attached hydrogen (secondary N) is 2. The van der Waals surface area contributed by atoms with Gasteiger partial charge < -0.3 is 10.2 Å². The fourth-order valence-corrected chi connectivity index (χ4v) is 5.50. The van der Waals surface area contributed by atoms with E-state index in [1.165, 1.54) is 24.3 Å². The van der Waals surface area contributed by atoms with Gasteiger partial charge in [0.1, 0.15) is 17.7 Å². The second-order valence-electron chi connectivity index (χ2n) is 9.04. The van der Waals surface area contributed by atoms with Crippen LogP contribution in [-0.2, 0) is 23.1 Å². The van der Waals surface area contributed by atoms with E-state index in [1.807, 2.05) is 0 Å². The number of H-pyrrole nitrogens is 1. The van der Waals surface area contributed by atoms with E-state index in [-0.39, 0.29) is 30.1 Å². The Hall–Kier alpha value is -3.71. The van der Waals surface area contributed by atoms with Crippen LogP contribution in [0.1, 0.15) is 47.3 Å². The van der Waals surface area contributed by atoms with Crippen LogP contribution < -0.4 is 5.32 Å². The average molecular weight is 478 g/mol. The molecule has 0 spiro atoms. The van der Waals surface area contributed by atoms with E-state index in [4.69, 9.17) is 0 Å². The number of carbonyl (C=O) groups excluding carboxylic acids is 1. The monoisotopic (exact) mass is 477 g/mol. The highest BCUT2D eigenvalue weighted by Crippen LogP contribution is 2.45. The highest BCUT2D eigenvalue weighted by Gasteiger charge is 2.44. The molecular weight excluding hydrogens is 452 g/mol. The SMILES string of the molecule is N#C[C@@H]1CCCN1C(=O)CNCCC1(c2nn[nH]n2)c2ccc(F)cc2CCc2ccc(F)cc21. The first-order valence-electron chi connectivity index (χ1n) is 11.7. The number of aryl methyl sites for hydroxylation is 2. The highest BCUT2D eigenvalue weighted by molar-refractivity contribution is 5.79. The number of halogens is 2. The Bertz CT molecular complexity index is 1270. The fraction of sp³-hybridized carbons (Fsp3) is 0.400. The minimum Gasteiger partial charge on any atom is -0.326 e. The Labute approximate surface area is 201 Å². The summed E-state index contributed by atoms with van der Waals surface area (Å²) in [6.07, 6.45) is 3.10. The summed E-state index contributed by atoms with van der Waals surface area (Å²) in [7, 11) is 0. The third-order valence-electron chi connectivity index (χ3n) is 7.12. The van der Waals surface area contributed by atoms with Gasteiger partial charge in [0.2, 0.25) is 5.91 Å². The van der Waals surface area contributed by atoms with E-state index in [1.54, 1.807) is 17.0 Å². The molecule has 5 rings (SSSR count). The van der Waals surface area contributed by atoms with E-state index < -0.39 is 5.41 Å². The predicted molar refractivity (Wildman–Crippen MR) is 122 cm³/mol. The summed E-state index contributed by atoms with van der Waals surface area (Å²) in [5.41, 5.74) is 2.24. The van der Waals surface area contributed by atoms with E-state index in [9.17, 15) is 18.8 Å². The van der Waals surface area contributed by atoms with Gasteiger partial charge in [0.25, 0.3) is 0 Å². The van der Waals surface area contributed by atoms with Crippen molar-refractivity contribution in [2.45, 2.75) is 43.6 Å². The second-order valence-corrected chi connectivity index (χ2v) is 9.04. The Morgan fingerprint density at radius 1 is 1.17 bits per heavy atom. The number of carbonyl (C=O) groups is 1. The van der Waals surface area contributed by atoms with Crippen LogP contribution in [0, 0.1) is 23.0 Å². The molecular formula is C25H25F2N7O. The summed E-state index contributed by atoms with van der Waals surface area (Å²) >= 11 is 0. The minimum atomic E-state index is -0.997. The molecule has 0 radical (unpaired) electrons. The van der Waals surface area contributed by atoms with Gasteiger partial charge >= 0.3 is 0 Å². The molecule has 0 saturated carbocycles. The Balaban J connectivity index is 1.50. The fourth-order valence-electron chi connectivity index (χ4n) is 5.50. The third kappa shape index (κ3) is 4.17. The van der Waals surface area contributed by atoms with Gasteiger partial charge in [0.15, 0.2) is 5.82 Å². The summed E-state index contributed by atoms with van der Waals surface area (Å²) in [5, 5.41) is 27.3. The molecule has 1 saturated heterocycles. The molecule has 1 unspecified atom stereocenters. The molecule has 1 aliphatic heterocycles. The van der Waals surface area contributed by atoms with Crippen molar-refractivity contribution in [2.24, 2.45) is 0 Å². The van der Waals surface area contributed by atoms with E-state index in [2.05, 4.69) is 32.0 Å².